The maximum atomic E-state index is 5.68. The number of benzene rings is 2. The Morgan fingerprint density at radius 3 is 2.62 bits per heavy atom. The van der Waals surface area contributed by atoms with Crippen LogP contribution in [0.4, 0.5) is 0 Å². The molecule has 0 saturated carbocycles. The van der Waals surface area contributed by atoms with Gasteiger partial charge >= 0.3 is 0 Å². The lowest BCUT2D eigenvalue weighted by Gasteiger charge is -2.08. The summed E-state index contributed by atoms with van der Waals surface area (Å²) in [6.07, 6.45) is 5.09. The van der Waals surface area contributed by atoms with Gasteiger partial charge in [-0.3, -0.25) is 0 Å². The molecule has 3 nitrogen and oxygen atoms in total. The molecule has 0 fully saturated rings. The summed E-state index contributed by atoms with van der Waals surface area (Å²) in [5.74, 6) is 2.35. The van der Waals surface area contributed by atoms with E-state index in [-0.39, 0.29) is 6.79 Å². The molecule has 0 unspecified atom stereocenters. The fourth-order valence-electron chi connectivity index (χ4n) is 2.29. The highest BCUT2D eigenvalue weighted by atomic mass is 16.7. The second-order valence-electron chi connectivity index (χ2n) is 4.77. The van der Waals surface area contributed by atoms with E-state index in [1.807, 2.05) is 25.1 Å². The third kappa shape index (κ3) is 3.19. The predicted octanol–water partition coefficient (Wildman–Crippen LogP) is 4.07. The van der Waals surface area contributed by atoms with Gasteiger partial charge in [0.1, 0.15) is 5.75 Å². The molecular weight excluding hydrogens is 264 g/mol. The first-order valence-corrected chi connectivity index (χ1v) is 7.13. The zero-order valence-corrected chi connectivity index (χ0v) is 12.0. The zero-order chi connectivity index (χ0) is 14.5. The van der Waals surface area contributed by atoms with Crippen molar-refractivity contribution in [1.82, 2.24) is 0 Å². The van der Waals surface area contributed by atoms with E-state index in [1.165, 1.54) is 5.56 Å². The summed E-state index contributed by atoms with van der Waals surface area (Å²) in [5.41, 5.74) is 2.30. The van der Waals surface area contributed by atoms with Gasteiger partial charge in [0.2, 0.25) is 6.79 Å². The Hall–Kier alpha value is -2.42. The average molecular weight is 282 g/mol. The maximum Gasteiger partial charge on any atom is 0.231 e. The van der Waals surface area contributed by atoms with Gasteiger partial charge in [0.25, 0.3) is 0 Å². The molecule has 0 spiro atoms. The van der Waals surface area contributed by atoms with Crippen LogP contribution in [0.15, 0.2) is 48.5 Å². The standard InChI is InChI=1S/C18H18O3/c1-2-19-16-12-18-17(20-13-21-18)11-15(16)10-6-9-14-7-4-3-5-8-14/h3-8,10-12H,2,9,13H2,1H3. The van der Waals surface area contributed by atoms with Gasteiger partial charge in [0.15, 0.2) is 11.5 Å². The largest absolute Gasteiger partial charge is 0.493 e. The summed E-state index contributed by atoms with van der Waals surface area (Å²) in [5, 5.41) is 0. The van der Waals surface area contributed by atoms with Crippen LogP contribution in [-0.4, -0.2) is 13.4 Å². The number of fused-ring (bicyclic) bond motifs is 1. The fourth-order valence-corrected chi connectivity index (χ4v) is 2.29. The molecule has 21 heavy (non-hydrogen) atoms. The molecule has 0 amide bonds. The van der Waals surface area contributed by atoms with Gasteiger partial charge in [0, 0.05) is 11.6 Å². The van der Waals surface area contributed by atoms with Crippen LogP contribution in [0.3, 0.4) is 0 Å². The van der Waals surface area contributed by atoms with Crippen molar-refractivity contribution in [2.24, 2.45) is 0 Å². The van der Waals surface area contributed by atoms with Crippen molar-refractivity contribution in [3.05, 3.63) is 59.7 Å². The second-order valence-corrected chi connectivity index (χ2v) is 4.77. The first-order chi connectivity index (χ1) is 10.4. The van der Waals surface area contributed by atoms with Crippen LogP contribution in [0, 0.1) is 0 Å². The molecule has 0 aromatic heterocycles. The van der Waals surface area contributed by atoms with Crippen LogP contribution in [0.2, 0.25) is 0 Å². The van der Waals surface area contributed by atoms with Crippen LogP contribution in [0.25, 0.3) is 6.08 Å². The van der Waals surface area contributed by atoms with Crippen molar-refractivity contribution in [2.45, 2.75) is 13.3 Å². The van der Waals surface area contributed by atoms with E-state index >= 15 is 0 Å². The Labute approximate surface area is 124 Å². The number of hydrogen-bond donors (Lipinski definition) is 0. The molecule has 3 rings (SSSR count). The Balaban J connectivity index is 1.80. The monoisotopic (exact) mass is 282 g/mol. The third-order valence-electron chi connectivity index (χ3n) is 3.30. The summed E-state index contributed by atoms with van der Waals surface area (Å²) in [4.78, 5) is 0. The summed E-state index contributed by atoms with van der Waals surface area (Å²) in [7, 11) is 0. The molecule has 2 aromatic carbocycles. The fraction of sp³-hybridized carbons (Fsp3) is 0.222. The lowest BCUT2D eigenvalue weighted by Crippen LogP contribution is -1.94. The highest BCUT2D eigenvalue weighted by Crippen LogP contribution is 2.38. The summed E-state index contributed by atoms with van der Waals surface area (Å²) < 4.78 is 16.5. The zero-order valence-electron chi connectivity index (χ0n) is 12.0. The predicted molar refractivity (Wildman–Crippen MR) is 82.9 cm³/mol. The second kappa shape index (κ2) is 6.35. The van der Waals surface area contributed by atoms with Crippen molar-refractivity contribution in [2.75, 3.05) is 13.4 Å². The Morgan fingerprint density at radius 1 is 1.10 bits per heavy atom. The van der Waals surface area contributed by atoms with Crippen LogP contribution < -0.4 is 14.2 Å². The molecule has 0 radical (unpaired) electrons. The first kappa shape index (κ1) is 13.6. The van der Waals surface area contributed by atoms with Crippen LogP contribution in [0.5, 0.6) is 17.2 Å². The number of hydrogen-bond acceptors (Lipinski definition) is 3. The van der Waals surface area contributed by atoms with Gasteiger partial charge in [0.05, 0.1) is 6.61 Å². The molecule has 1 aliphatic rings. The van der Waals surface area contributed by atoms with E-state index in [2.05, 4.69) is 36.4 Å². The molecule has 0 saturated heterocycles. The van der Waals surface area contributed by atoms with Crippen LogP contribution in [0.1, 0.15) is 18.1 Å². The molecule has 0 aliphatic carbocycles. The van der Waals surface area contributed by atoms with Crippen molar-refractivity contribution in [1.29, 1.82) is 0 Å². The maximum absolute atomic E-state index is 5.68. The SMILES string of the molecule is CCOc1cc2c(cc1C=CCc1ccccc1)OCO2. The number of rotatable bonds is 5. The highest BCUT2D eigenvalue weighted by molar-refractivity contribution is 5.64. The van der Waals surface area contributed by atoms with E-state index in [4.69, 9.17) is 14.2 Å². The van der Waals surface area contributed by atoms with Crippen molar-refractivity contribution >= 4 is 6.08 Å². The summed E-state index contributed by atoms with van der Waals surface area (Å²) >= 11 is 0. The normalized spacial score (nSPS) is 12.8. The number of allylic oxidation sites excluding steroid dienone is 1. The molecule has 0 bridgehead atoms. The smallest absolute Gasteiger partial charge is 0.231 e. The quantitative estimate of drug-likeness (QED) is 0.827. The van der Waals surface area contributed by atoms with E-state index in [0.29, 0.717) is 6.61 Å². The minimum atomic E-state index is 0.276. The Morgan fingerprint density at radius 2 is 1.86 bits per heavy atom. The molecule has 3 heteroatoms. The first-order valence-electron chi connectivity index (χ1n) is 7.13. The Bertz CT molecular complexity index is 632. The lowest BCUT2D eigenvalue weighted by atomic mass is 10.1. The molecule has 1 heterocycles. The van der Waals surface area contributed by atoms with E-state index in [9.17, 15) is 0 Å². The van der Waals surface area contributed by atoms with Crippen molar-refractivity contribution in [3.8, 4) is 17.2 Å². The molecule has 1 aliphatic heterocycles. The highest BCUT2D eigenvalue weighted by Gasteiger charge is 2.16. The van der Waals surface area contributed by atoms with Gasteiger partial charge < -0.3 is 14.2 Å². The van der Waals surface area contributed by atoms with Crippen molar-refractivity contribution < 1.29 is 14.2 Å². The van der Waals surface area contributed by atoms with Gasteiger partial charge in [-0.05, 0) is 25.0 Å². The minimum Gasteiger partial charge on any atom is -0.493 e. The van der Waals surface area contributed by atoms with E-state index < -0.39 is 0 Å². The van der Waals surface area contributed by atoms with Gasteiger partial charge in [-0.25, -0.2) is 0 Å². The van der Waals surface area contributed by atoms with Crippen LogP contribution >= 0.6 is 0 Å². The summed E-state index contributed by atoms with van der Waals surface area (Å²) in [6.45, 7) is 2.87. The number of ether oxygens (including phenoxy) is 3. The molecular formula is C18H18O3. The average Bonchev–Trinajstić information content (AvgIpc) is 2.96. The van der Waals surface area contributed by atoms with Crippen LogP contribution in [-0.2, 0) is 6.42 Å². The van der Waals surface area contributed by atoms with Gasteiger partial charge in [-0.2, -0.15) is 0 Å². The van der Waals surface area contributed by atoms with Gasteiger partial charge in [-0.1, -0.05) is 42.5 Å². The lowest BCUT2D eigenvalue weighted by molar-refractivity contribution is 0.174. The molecule has 108 valence electrons. The van der Waals surface area contributed by atoms with Gasteiger partial charge in [-0.15, -0.1) is 0 Å². The third-order valence-corrected chi connectivity index (χ3v) is 3.30. The van der Waals surface area contributed by atoms with E-state index in [0.717, 1.165) is 29.2 Å². The molecule has 2 aromatic rings. The Kier molecular flexibility index (Phi) is 4.10. The topological polar surface area (TPSA) is 27.7 Å². The van der Waals surface area contributed by atoms with E-state index in [1.54, 1.807) is 0 Å². The van der Waals surface area contributed by atoms with Crippen molar-refractivity contribution in [3.63, 3.8) is 0 Å². The molecule has 0 atom stereocenters. The minimum absolute atomic E-state index is 0.276. The molecule has 0 N–H and O–H groups in total. The summed E-state index contributed by atoms with van der Waals surface area (Å²) in [6, 6.07) is 14.2.